The van der Waals surface area contributed by atoms with Gasteiger partial charge in [-0.3, -0.25) is 0 Å². The van der Waals surface area contributed by atoms with Crippen molar-refractivity contribution in [2.24, 2.45) is 0 Å². The molecule has 3 heteroatoms. The van der Waals surface area contributed by atoms with Crippen molar-refractivity contribution in [3.05, 3.63) is 47.5 Å². The van der Waals surface area contributed by atoms with Crippen LogP contribution in [0, 0.1) is 24.5 Å². The van der Waals surface area contributed by atoms with Crippen LogP contribution in [0.15, 0.2) is 41.3 Å². The van der Waals surface area contributed by atoms with Gasteiger partial charge >= 0.3 is 0 Å². The smallest absolute Gasteiger partial charge is 0.138 e. The van der Waals surface area contributed by atoms with E-state index in [1.165, 1.54) is 17.3 Å². The fourth-order valence-corrected chi connectivity index (χ4v) is 2.62. The van der Waals surface area contributed by atoms with Crippen molar-refractivity contribution in [1.29, 1.82) is 5.26 Å². The number of aryl methyl sites for hydroxylation is 1. The second-order valence-electron chi connectivity index (χ2n) is 4.16. The lowest BCUT2D eigenvalue weighted by Crippen LogP contribution is -1.95. The van der Waals surface area contributed by atoms with Crippen molar-refractivity contribution in [3.8, 4) is 16.5 Å². The quantitative estimate of drug-likeness (QED) is 0.498. The molecule has 18 heavy (non-hydrogen) atoms. The summed E-state index contributed by atoms with van der Waals surface area (Å²) >= 11 is 1.18. The molecule has 0 fully saturated rings. The number of hydrogen-bond acceptors (Lipinski definition) is 3. The predicted molar refractivity (Wildman–Crippen MR) is 77.2 cm³/mol. The van der Waals surface area contributed by atoms with Crippen molar-refractivity contribution < 1.29 is 0 Å². The summed E-state index contributed by atoms with van der Waals surface area (Å²) in [7, 11) is 0. The molecule has 0 amide bonds. The fraction of sp³-hybridized carbons (Fsp3) is 0.133. The first-order valence-electron chi connectivity index (χ1n) is 5.66. The maximum atomic E-state index is 8.90. The largest absolute Gasteiger partial charge is 0.398 e. The Kier molecular flexibility index (Phi) is 3.59. The average molecular weight is 254 g/mol. The number of anilines is 1. The van der Waals surface area contributed by atoms with E-state index in [-0.39, 0.29) is 0 Å². The van der Waals surface area contributed by atoms with E-state index in [9.17, 15) is 0 Å². The molecule has 0 bridgehead atoms. The van der Waals surface area contributed by atoms with Crippen molar-refractivity contribution in [3.63, 3.8) is 0 Å². The summed E-state index contributed by atoms with van der Waals surface area (Å²) in [5.41, 5.74) is 11.2. The van der Waals surface area contributed by atoms with E-state index in [2.05, 4.69) is 24.5 Å². The van der Waals surface area contributed by atoms with Gasteiger partial charge in [-0.1, -0.05) is 24.3 Å². The minimum Gasteiger partial charge on any atom is -0.398 e. The van der Waals surface area contributed by atoms with E-state index in [1.807, 2.05) is 31.2 Å². The van der Waals surface area contributed by atoms with E-state index in [0.29, 0.717) is 0 Å². The van der Waals surface area contributed by atoms with Crippen LogP contribution in [-0.4, -0.2) is 0 Å². The molecule has 0 saturated heterocycles. The molecule has 0 heterocycles. The number of thioether (sulfide) groups is 1. The van der Waals surface area contributed by atoms with Crippen LogP contribution in [0.1, 0.15) is 11.1 Å². The number of nitrogens with zero attached hydrogens (tertiary/aromatic N) is 1. The lowest BCUT2D eigenvalue weighted by molar-refractivity contribution is 1.34. The summed E-state index contributed by atoms with van der Waals surface area (Å²) < 4.78 is 0. The van der Waals surface area contributed by atoms with E-state index >= 15 is 0 Å². The molecule has 0 saturated carbocycles. The predicted octanol–water partition coefficient (Wildman–Crippen LogP) is 4.13. The summed E-state index contributed by atoms with van der Waals surface area (Å²) in [6.07, 6.45) is 0. The summed E-state index contributed by atoms with van der Waals surface area (Å²) in [5.74, 6) is 0. The number of nitrogens with two attached hydrogens (primary N) is 1. The minimum atomic E-state index is 0.760. The maximum Gasteiger partial charge on any atom is 0.138 e. The lowest BCUT2D eigenvalue weighted by Gasteiger charge is -2.14. The third-order valence-corrected chi connectivity index (χ3v) is 3.69. The molecular formula is C15H14N2S. The molecule has 0 aliphatic rings. The van der Waals surface area contributed by atoms with Gasteiger partial charge in [0.05, 0.1) is 0 Å². The van der Waals surface area contributed by atoms with Crippen LogP contribution in [0.5, 0.6) is 0 Å². The topological polar surface area (TPSA) is 49.8 Å². The molecule has 2 aromatic rings. The molecule has 2 N–H and O–H groups in total. The number of nitriles is 1. The molecule has 90 valence electrons. The molecule has 0 aromatic heterocycles. The molecule has 2 aromatic carbocycles. The molecule has 0 unspecified atom stereocenters. The highest BCUT2D eigenvalue weighted by molar-refractivity contribution is 8.03. The standard InChI is InChI=1S/C15H14N2S/c1-10-5-3-4-6-12(10)15-11(2)13(17)7-8-14(15)18-9-16/h3-8H,17H2,1-2H3. The van der Waals surface area contributed by atoms with Crippen LogP contribution in [0.4, 0.5) is 5.69 Å². The van der Waals surface area contributed by atoms with Gasteiger partial charge in [-0.2, -0.15) is 5.26 Å². The van der Waals surface area contributed by atoms with Gasteiger partial charge in [0.2, 0.25) is 0 Å². The van der Waals surface area contributed by atoms with Gasteiger partial charge in [-0.25, -0.2) is 0 Å². The summed E-state index contributed by atoms with van der Waals surface area (Å²) in [5, 5.41) is 11.0. The highest BCUT2D eigenvalue weighted by atomic mass is 32.2. The number of hydrogen-bond donors (Lipinski definition) is 1. The molecule has 0 spiro atoms. The van der Waals surface area contributed by atoms with Crippen LogP contribution in [0.2, 0.25) is 0 Å². The second-order valence-corrected chi connectivity index (χ2v) is 4.99. The zero-order valence-corrected chi connectivity index (χ0v) is 11.2. The molecule has 0 aliphatic carbocycles. The Hall–Kier alpha value is -1.92. The van der Waals surface area contributed by atoms with Gasteiger partial charge in [-0.05, 0) is 54.4 Å². The van der Waals surface area contributed by atoms with E-state index in [0.717, 1.165) is 27.3 Å². The summed E-state index contributed by atoms with van der Waals surface area (Å²) in [6.45, 7) is 4.07. The molecular weight excluding hydrogens is 240 g/mol. The average Bonchev–Trinajstić information content (AvgIpc) is 2.36. The summed E-state index contributed by atoms with van der Waals surface area (Å²) in [4.78, 5) is 0.957. The first kappa shape index (κ1) is 12.5. The highest BCUT2D eigenvalue weighted by Crippen LogP contribution is 2.37. The fourth-order valence-electron chi connectivity index (χ4n) is 2.03. The Bertz CT molecular complexity index is 627. The molecule has 0 atom stereocenters. The lowest BCUT2D eigenvalue weighted by atomic mass is 9.96. The minimum absolute atomic E-state index is 0.760. The van der Waals surface area contributed by atoms with Crippen LogP contribution in [0.3, 0.4) is 0 Å². The Labute approximate surface area is 111 Å². The van der Waals surface area contributed by atoms with Gasteiger partial charge in [0.15, 0.2) is 0 Å². The number of benzene rings is 2. The van der Waals surface area contributed by atoms with Gasteiger partial charge < -0.3 is 5.73 Å². The Morgan fingerprint density at radius 1 is 1.11 bits per heavy atom. The molecule has 2 nitrogen and oxygen atoms in total. The molecule has 0 radical (unpaired) electrons. The SMILES string of the molecule is Cc1ccccc1-c1c(SC#N)ccc(N)c1C. The summed E-state index contributed by atoms with van der Waals surface area (Å²) in [6, 6.07) is 11.9. The van der Waals surface area contributed by atoms with Gasteiger partial charge in [0, 0.05) is 16.1 Å². The highest BCUT2D eigenvalue weighted by Gasteiger charge is 2.12. The van der Waals surface area contributed by atoms with Crippen molar-refractivity contribution in [2.75, 3.05) is 5.73 Å². The van der Waals surface area contributed by atoms with Gasteiger partial charge in [-0.15, -0.1) is 0 Å². The van der Waals surface area contributed by atoms with Crippen LogP contribution in [0.25, 0.3) is 11.1 Å². The van der Waals surface area contributed by atoms with E-state index < -0.39 is 0 Å². The second kappa shape index (κ2) is 5.16. The first-order chi connectivity index (χ1) is 8.65. The zero-order chi connectivity index (χ0) is 13.1. The van der Waals surface area contributed by atoms with Gasteiger partial charge in [0.1, 0.15) is 5.40 Å². The van der Waals surface area contributed by atoms with Crippen molar-refractivity contribution in [1.82, 2.24) is 0 Å². The number of rotatable bonds is 2. The Morgan fingerprint density at radius 3 is 2.50 bits per heavy atom. The van der Waals surface area contributed by atoms with Crippen LogP contribution >= 0.6 is 11.8 Å². The Morgan fingerprint density at radius 2 is 1.83 bits per heavy atom. The van der Waals surface area contributed by atoms with Crippen molar-refractivity contribution >= 4 is 17.4 Å². The first-order valence-corrected chi connectivity index (χ1v) is 6.48. The maximum absolute atomic E-state index is 8.90. The van der Waals surface area contributed by atoms with Gasteiger partial charge in [0.25, 0.3) is 0 Å². The third-order valence-electron chi connectivity index (χ3n) is 3.04. The van der Waals surface area contributed by atoms with Crippen LogP contribution < -0.4 is 5.73 Å². The third kappa shape index (κ3) is 2.20. The van der Waals surface area contributed by atoms with Crippen LogP contribution in [-0.2, 0) is 0 Å². The zero-order valence-electron chi connectivity index (χ0n) is 10.4. The van der Waals surface area contributed by atoms with Crippen molar-refractivity contribution in [2.45, 2.75) is 18.7 Å². The Balaban J connectivity index is 2.73. The number of nitrogen functional groups attached to an aromatic ring is 1. The van der Waals surface area contributed by atoms with E-state index in [4.69, 9.17) is 11.0 Å². The van der Waals surface area contributed by atoms with E-state index in [1.54, 1.807) is 0 Å². The normalized spacial score (nSPS) is 10.1. The molecule has 2 rings (SSSR count). The molecule has 0 aliphatic heterocycles. The monoisotopic (exact) mass is 254 g/mol. The number of thiocyanates is 1.